The second kappa shape index (κ2) is 9.72. The summed E-state index contributed by atoms with van der Waals surface area (Å²) in [7, 11) is 0. The van der Waals surface area contributed by atoms with Crippen LogP contribution in [-0.2, 0) is 10.8 Å². The van der Waals surface area contributed by atoms with Gasteiger partial charge >= 0.3 is 0 Å². The lowest BCUT2D eigenvalue weighted by atomic mass is 9.82. The highest BCUT2D eigenvalue weighted by Crippen LogP contribution is 2.50. The Labute approximate surface area is 258 Å². The summed E-state index contributed by atoms with van der Waals surface area (Å²) in [6.45, 7) is 9.38. The monoisotopic (exact) mass is 570 g/mol. The molecule has 4 nitrogen and oxygen atoms in total. The largest absolute Gasteiger partial charge is 0.309 e. The summed E-state index contributed by atoms with van der Waals surface area (Å²) < 4.78 is 2.33. The minimum Gasteiger partial charge on any atom is -0.309 e. The number of rotatable bonds is 4. The number of benzene rings is 5. The zero-order valence-corrected chi connectivity index (χ0v) is 25.5. The Morgan fingerprint density at radius 3 is 1.57 bits per heavy atom. The number of aromatic nitrogens is 4. The molecule has 0 saturated heterocycles. The first-order valence-corrected chi connectivity index (χ1v) is 15.3. The molecule has 44 heavy (non-hydrogen) atoms. The minimum atomic E-state index is 0.0929. The molecule has 1 aliphatic carbocycles. The van der Waals surface area contributed by atoms with Gasteiger partial charge in [-0.1, -0.05) is 107 Å². The van der Waals surface area contributed by atoms with Crippen LogP contribution >= 0.6 is 0 Å². The molecule has 2 aromatic heterocycles. The van der Waals surface area contributed by atoms with E-state index < -0.39 is 0 Å². The predicted molar refractivity (Wildman–Crippen MR) is 181 cm³/mol. The molecule has 0 spiro atoms. The molecule has 0 amide bonds. The van der Waals surface area contributed by atoms with Crippen LogP contribution in [0.3, 0.4) is 0 Å². The molecular weight excluding hydrogens is 536 g/mol. The maximum Gasteiger partial charge on any atom is 0.164 e. The predicted octanol–water partition coefficient (Wildman–Crippen LogP) is 9.93. The van der Waals surface area contributed by atoms with E-state index in [1.807, 2.05) is 18.2 Å². The van der Waals surface area contributed by atoms with E-state index in [1.165, 1.54) is 32.9 Å². The number of hydrogen-bond acceptors (Lipinski definition) is 3. The average molecular weight is 571 g/mol. The van der Waals surface area contributed by atoms with Gasteiger partial charge in [0.1, 0.15) is 0 Å². The second-order valence-corrected chi connectivity index (χ2v) is 13.3. The van der Waals surface area contributed by atoms with E-state index in [9.17, 15) is 0 Å². The van der Waals surface area contributed by atoms with Crippen molar-refractivity contribution in [2.45, 2.75) is 44.9 Å². The van der Waals surface area contributed by atoms with E-state index in [0.717, 1.165) is 28.8 Å². The van der Waals surface area contributed by atoms with Crippen LogP contribution in [0.1, 0.15) is 45.2 Å². The summed E-state index contributed by atoms with van der Waals surface area (Å²) in [5, 5.41) is 2.50. The van der Waals surface area contributed by atoms with Crippen molar-refractivity contribution in [3.8, 4) is 39.9 Å². The normalized spacial score (nSPS) is 15.1. The number of fused-ring (bicyclic) bond motifs is 4. The van der Waals surface area contributed by atoms with Gasteiger partial charge in [-0.15, -0.1) is 0 Å². The SMILES string of the molecule is CC1(C)CC(C)(C)c2cc(-c3nc(-c4ccccc4)nc(-c4ccc(-n5c6ccccc6c6ccccc65)cc4)n3)ccc21. The van der Waals surface area contributed by atoms with Gasteiger partial charge < -0.3 is 4.57 Å². The third-order valence-corrected chi connectivity index (χ3v) is 9.25. The molecule has 0 N–H and O–H groups in total. The molecule has 7 aromatic rings. The van der Waals surface area contributed by atoms with Crippen molar-refractivity contribution in [1.29, 1.82) is 0 Å². The van der Waals surface area contributed by atoms with E-state index in [4.69, 9.17) is 15.0 Å². The van der Waals surface area contributed by atoms with Crippen LogP contribution in [0.4, 0.5) is 0 Å². The molecule has 214 valence electrons. The zero-order valence-electron chi connectivity index (χ0n) is 25.5. The standard InChI is InChI=1S/C40H34N4/c1-39(2)25-40(3,4)33-24-28(20-23-32(33)39)38-42-36(26-12-6-5-7-13-26)41-37(43-38)27-18-21-29(22-19-27)44-34-16-10-8-14-30(34)31-15-9-11-17-35(31)44/h5-24H,25H2,1-4H3. The summed E-state index contributed by atoms with van der Waals surface area (Å²) in [6, 6.07) is 42.7. The smallest absolute Gasteiger partial charge is 0.164 e. The minimum absolute atomic E-state index is 0.0929. The fourth-order valence-electron chi connectivity index (χ4n) is 7.44. The van der Waals surface area contributed by atoms with Crippen LogP contribution in [0.15, 0.2) is 121 Å². The molecule has 0 fully saturated rings. The second-order valence-electron chi connectivity index (χ2n) is 13.3. The number of nitrogens with zero attached hydrogens (tertiary/aromatic N) is 4. The Balaban J connectivity index is 1.26. The highest BCUT2D eigenvalue weighted by atomic mass is 15.0. The molecule has 5 aromatic carbocycles. The fourth-order valence-corrected chi connectivity index (χ4v) is 7.44. The first-order valence-electron chi connectivity index (χ1n) is 15.3. The van der Waals surface area contributed by atoms with Crippen molar-refractivity contribution in [1.82, 2.24) is 19.5 Å². The van der Waals surface area contributed by atoms with Crippen LogP contribution in [0.5, 0.6) is 0 Å². The first kappa shape index (κ1) is 26.5. The molecular formula is C40H34N4. The van der Waals surface area contributed by atoms with Gasteiger partial charge in [-0.2, -0.15) is 0 Å². The van der Waals surface area contributed by atoms with Crippen molar-refractivity contribution >= 4 is 21.8 Å². The van der Waals surface area contributed by atoms with Gasteiger partial charge in [-0.05, 0) is 70.8 Å². The Morgan fingerprint density at radius 2 is 0.955 bits per heavy atom. The van der Waals surface area contributed by atoms with E-state index in [-0.39, 0.29) is 10.8 Å². The molecule has 0 bridgehead atoms. The van der Waals surface area contributed by atoms with Gasteiger partial charge in [0.2, 0.25) is 0 Å². The summed E-state index contributed by atoms with van der Waals surface area (Å²) in [5.74, 6) is 2.04. The van der Waals surface area contributed by atoms with Gasteiger partial charge in [-0.3, -0.25) is 0 Å². The average Bonchev–Trinajstić information content (AvgIpc) is 3.48. The quantitative estimate of drug-likeness (QED) is 0.211. The fraction of sp³-hybridized carbons (Fsp3) is 0.175. The van der Waals surface area contributed by atoms with Crippen molar-refractivity contribution in [3.63, 3.8) is 0 Å². The van der Waals surface area contributed by atoms with Crippen molar-refractivity contribution in [3.05, 3.63) is 132 Å². The van der Waals surface area contributed by atoms with E-state index in [2.05, 4.69) is 135 Å². The van der Waals surface area contributed by atoms with Crippen LogP contribution in [0.2, 0.25) is 0 Å². The van der Waals surface area contributed by atoms with Gasteiger partial charge in [-0.25, -0.2) is 15.0 Å². The molecule has 4 heteroatoms. The lowest BCUT2D eigenvalue weighted by Crippen LogP contribution is -2.17. The molecule has 8 rings (SSSR count). The third-order valence-electron chi connectivity index (χ3n) is 9.25. The van der Waals surface area contributed by atoms with Gasteiger partial charge in [0, 0.05) is 33.2 Å². The Bertz CT molecular complexity index is 2130. The topological polar surface area (TPSA) is 43.6 Å². The maximum atomic E-state index is 5.07. The summed E-state index contributed by atoms with van der Waals surface area (Å²) in [5.41, 5.74) is 9.49. The molecule has 0 unspecified atom stereocenters. The van der Waals surface area contributed by atoms with Crippen LogP contribution in [0.25, 0.3) is 61.7 Å². The number of para-hydroxylation sites is 2. The first-order chi connectivity index (χ1) is 21.3. The molecule has 0 saturated carbocycles. The van der Waals surface area contributed by atoms with E-state index >= 15 is 0 Å². The highest BCUT2D eigenvalue weighted by Gasteiger charge is 2.41. The van der Waals surface area contributed by atoms with Crippen molar-refractivity contribution in [2.75, 3.05) is 0 Å². The van der Waals surface area contributed by atoms with Gasteiger partial charge in [0.15, 0.2) is 17.5 Å². The van der Waals surface area contributed by atoms with Crippen molar-refractivity contribution < 1.29 is 0 Å². The summed E-state index contributed by atoms with van der Waals surface area (Å²) in [6.07, 6.45) is 1.12. The number of hydrogen-bond donors (Lipinski definition) is 0. The molecule has 0 aliphatic heterocycles. The van der Waals surface area contributed by atoms with Crippen LogP contribution < -0.4 is 0 Å². The van der Waals surface area contributed by atoms with E-state index in [1.54, 1.807) is 0 Å². The Hall–Kier alpha value is -5.09. The highest BCUT2D eigenvalue weighted by molar-refractivity contribution is 6.09. The van der Waals surface area contributed by atoms with Gasteiger partial charge in [0.05, 0.1) is 11.0 Å². The Kier molecular flexibility index (Phi) is 5.86. The Morgan fingerprint density at radius 1 is 0.477 bits per heavy atom. The van der Waals surface area contributed by atoms with E-state index in [0.29, 0.717) is 17.5 Å². The molecule has 1 aliphatic rings. The van der Waals surface area contributed by atoms with Crippen molar-refractivity contribution in [2.24, 2.45) is 0 Å². The third kappa shape index (κ3) is 4.24. The van der Waals surface area contributed by atoms with Crippen LogP contribution in [0, 0.1) is 0 Å². The molecule has 2 heterocycles. The zero-order chi connectivity index (χ0) is 30.1. The molecule has 0 atom stereocenters. The van der Waals surface area contributed by atoms with Gasteiger partial charge in [0.25, 0.3) is 0 Å². The summed E-state index contributed by atoms with van der Waals surface area (Å²) >= 11 is 0. The lowest BCUT2D eigenvalue weighted by Gasteiger charge is -2.22. The maximum absolute atomic E-state index is 5.07. The van der Waals surface area contributed by atoms with Crippen LogP contribution in [-0.4, -0.2) is 19.5 Å². The molecule has 0 radical (unpaired) electrons. The summed E-state index contributed by atoms with van der Waals surface area (Å²) in [4.78, 5) is 15.1. The lowest BCUT2D eigenvalue weighted by molar-refractivity contribution is 0.403.